The summed E-state index contributed by atoms with van der Waals surface area (Å²) >= 11 is 1.44. The maximum absolute atomic E-state index is 12.4. The molecule has 0 aliphatic carbocycles. The summed E-state index contributed by atoms with van der Waals surface area (Å²) in [7, 11) is 0. The molecule has 0 atom stereocenters. The van der Waals surface area contributed by atoms with Crippen molar-refractivity contribution in [2.45, 2.75) is 45.2 Å². The van der Waals surface area contributed by atoms with Gasteiger partial charge in [0.1, 0.15) is 5.82 Å². The van der Waals surface area contributed by atoms with E-state index in [0.717, 1.165) is 47.9 Å². The zero-order valence-corrected chi connectivity index (χ0v) is 18.2. The molecule has 4 heterocycles. The van der Waals surface area contributed by atoms with E-state index < -0.39 is 5.76 Å². The van der Waals surface area contributed by atoms with E-state index in [0.29, 0.717) is 5.69 Å². The number of thiophene rings is 1. The predicted molar refractivity (Wildman–Crippen MR) is 120 cm³/mol. The van der Waals surface area contributed by atoms with Gasteiger partial charge in [0.25, 0.3) is 5.89 Å². The SMILES string of the molecule is O=C(CCn1nc(-c2cccs2)oc1=O)Nc1ccc(-c2nnc3n2CCCCC3)cc1. The maximum atomic E-state index is 12.4. The Morgan fingerprint density at radius 2 is 2.00 bits per heavy atom. The molecule has 0 fully saturated rings. The number of hydrogen-bond donors (Lipinski definition) is 1. The predicted octanol–water partition coefficient (Wildman–Crippen LogP) is 3.58. The van der Waals surface area contributed by atoms with Gasteiger partial charge in [-0.15, -0.1) is 26.6 Å². The molecule has 0 saturated carbocycles. The second-order valence-electron chi connectivity index (χ2n) is 7.65. The van der Waals surface area contributed by atoms with Crippen LogP contribution in [0.5, 0.6) is 0 Å². The van der Waals surface area contributed by atoms with Crippen LogP contribution >= 0.6 is 11.3 Å². The Hall–Kier alpha value is -3.53. The topological polar surface area (TPSA) is 108 Å². The van der Waals surface area contributed by atoms with Gasteiger partial charge in [0.15, 0.2) is 5.82 Å². The van der Waals surface area contributed by atoms with Crippen molar-refractivity contribution >= 4 is 22.9 Å². The monoisotopic (exact) mass is 450 g/mol. The van der Waals surface area contributed by atoms with Crippen molar-refractivity contribution in [1.29, 1.82) is 0 Å². The Balaban J connectivity index is 1.21. The van der Waals surface area contributed by atoms with Crippen LogP contribution in [0.4, 0.5) is 5.69 Å². The van der Waals surface area contributed by atoms with E-state index in [1.165, 1.54) is 22.4 Å². The van der Waals surface area contributed by atoms with Gasteiger partial charge in [0.05, 0.1) is 11.4 Å². The molecule has 1 aliphatic heterocycles. The number of hydrogen-bond acceptors (Lipinski definition) is 7. The number of aryl methyl sites for hydroxylation is 2. The third-order valence-electron chi connectivity index (χ3n) is 5.43. The Bertz CT molecular complexity index is 1270. The quantitative estimate of drug-likeness (QED) is 0.481. The van der Waals surface area contributed by atoms with Crippen LogP contribution in [0.25, 0.3) is 22.2 Å². The molecular formula is C22H22N6O3S. The third kappa shape index (κ3) is 4.26. The van der Waals surface area contributed by atoms with Crippen LogP contribution < -0.4 is 11.1 Å². The lowest BCUT2D eigenvalue weighted by Crippen LogP contribution is -2.20. The smallest absolute Gasteiger partial charge is 0.387 e. The van der Waals surface area contributed by atoms with E-state index in [-0.39, 0.29) is 24.8 Å². The first-order valence-corrected chi connectivity index (χ1v) is 11.5. The summed E-state index contributed by atoms with van der Waals surface area (Å²) in [6.07, 6.45) is 4.57. The Morgan fingerprint density at radius 1 is 1.12 bits per heavy atom. The zero-order valence-electron chi connectivity index (χ0n) is 17.4. The van der Waals surface area contributed by atoms with Crippen molar-refractivity contribution < 1.29 is 9.21 Å². The summed E-state index contributed by atoms with van der Waals surface area (Å²) in [4.78, 5) is 25.1. The number of rotatable bonds is 6. The molecule has 4 aromatic rings. The van der Waals surface area contributed by atoms with E-state index in [4.69, 9.17) is 4.42 Å². The normalized spacial score (nSPS) is 13.5. The van der Waals surface area contributed by atoms with E-state index in [1.807, 2.05) is 41.8 Å². The molecule has 1 aromatic carbocycles. The van der Waals surface area contributed by atoms with Crippen LogP contribution in [-0.4, -0.2) is 30.5 Å². The van der Waals surface area contributed by atoms with Gasteiger partial charge in [-0.1, -0.05) is 12.5 Å². The van der Waals surface area contributed by atoms with Crippen LogP contribution in [0.2, 0.25) is 0 Å². The number of amides is 1. The summed E-state index contributed by atoms with van der Waals surface area (Å²) in [6, 6.07) is 11.3. The van der Waals surface area contributed by atoms with E-state index in [9.17, 15) is 9.59 Å². The molecule has 3 aromatic heterocycles. The summed E-state index contributed by atoms with van der Waals surface area (Å²) < 4.78 is 8.54. The summed E-state index contributed by atoms with van der Waals surface area (Å²) in [6.45, 7) is 1.08. The molecule has 0 radical (unpaired) electrons. The number of carbonyl (C=O) groups is 1. The summed E-state index contributed by atoms with van der Waals surface area (Å²) in [5, 5.41) is 17.6. The number of nitrogens with zero attached hydrogens (tertiary/aromatic N) is 5. The van der Waals surface area contributed by atoms with Crippen LogP contribution in [0, 0.1) is 0 Å². The highest BCUT2D eigenvalue weighted by atomic mass is 32.1. The van der Waals surface area contributed by atoms with E-state index >= 15 is 0 Å². The minimum Gasteiger partial charge on any atom is -0.387 e. The van der Waals surface area contributed by atoms with Gasteiger partial charge in [0.2, 0.25) is 5.91 Å². The largest absolute Gasteiger partial charge is 0.437 e. The summed E-state index contributed by atoms with van der Waals surface area (Å²) in [5.74, 6) is 1.40. The molecule has 10 heteroatoms. The number of fused-ring (bicyclic) bond motifs is 1. The number of anilines is 1. The van der Waals surface area contributed by atoms with Gasteiger partial charge in [-0.3, -0.25) is 4.79 Å². The highest BCUT2D eigenvalue weighted by molar-refractivity contribution is 7.13. The fourth-order valence-corrected chi connectivity index (χ4v) is 4.42. The number of carbonyl (C=O) groups excluding carboxylic acids is 1. The van der Waals surface area contributed by atoms with Crippen LogP contribution in [0.15, 0.2) is 51.0 Å². The molecule has 164 valence electrons. The lowest BCUT2D eigenvalue weighted by atomic mass is 10.2. The Morgan fingerprint density at radius 3 is 2.81 bits per heavy atom. The average Bonchev–Trinajstić information content (AvgIpc) is 3.51. The van der Waals surface area contributed by atoms with Crippen LogP contribution in [-0.2, 0) is 24.3 Å². The average molecular weight is 451 g/mol. The van der Waals surface area contributed by atoms with E-state index in [2.05, 4.69) is 25.2 Å². The molecule has 32 heavy (non-hydrogen) atoms. The van der Waals surface area contributed by atoms with Crippen molar-refractivity contribution in [2.75, 3.05) is 5.32 Å². The molecule has 1 aliphatic rings. The highest BCUT2D eigenvalue weighted by Crippen LogP contribution is 2.24. The first-order chi connectivity index (χ1) is 15.7. The second kappa shape index (κ2) is 8.91. The lowest BCUT2D eigenvalue weighted by Gasteiger charge is -2.08. The third-order valence-corrected chi connectivity index (χ3v) is 6.28. The van der Waals surface area contributed by atoms with Gasteiger partial charge < -0.3 is 14.3 Å². The van der Waals surface area contributed by atoms with Crippen molar-refractivity contribution in [3.63, 3.8) is 0 Å². The minimum absolute atomic E-state index is 0.107. The fraction of sp³-hybridized carbons (Fsp3) is 0.318. The fourth-order valence-electron chi connectivity index (χ4n) is 3.78. The highest BCUT2D eigenvalue weighted by Gasteiger charge is 2.16. The second-order valence-corrected chi connectivity index (χ2v) is 8.60. The van der Waals surface area contributed by atoms with Gasteiger partial charge >= 0.3 is 5.76 Å². The van der Waals surface area contributed by atoms with Crippen LogP contribution in [0.3, 0.4) is 0 Å². The van der Waals surface area contributed by atoms with Crippen molar-refractivity contribution in [1.82, 2.24) is 24.5 Å². The molecule has 0 unspecified atom stereocenters. The first-order valence-electron chi connectivity index (χ1n) is 10.6. The number of nitrogens with one attached hydrogen (secondary N) is 1. The summed E-state index contributed by atoms with van der Waals surface area (Å²) in [5.41, 5.74) is 1.65. The Kier molecular flexibility index (Phi) is 5.68. The molecule has 9 nitrogen and oxygen atoms in total. The molecule has 1 N–H and O–H groups in total. The van der Waals surface area contributed by atoms with Gasteiger partial charge in [0, 0.05) is 30.6 Å². The number of benzene rings is 1. The van der Waals surface area contributed by atoms with Gasteiger partial charge in [-0.05, 0) is 48.6 Å². The lowest BCUT2D eigenvalue weighted by molar-refractivity contribution is -0.116. The van der Waals surface area contributed by atoms with Crippen molar-refractivity contribution in [3.8, 4) is 22.2 Å². The maximum Gasteiger partial charge on any atom is 0.437 e. The Labute approximate surface area is 187 Å². The first kappa shape index (κ1) is 20.4. The standard InChI is InChI=1S/C22H22N6O3S/c29-19(11-13-28-22(30)31-21(26-28)17-5-4-14-32-17)23-16-9-7-15(8-10-16)20-25-24-18-6-2-1-3-12-27(18)20/h4-5,7-10,14H,1-3,6,11-13H2,(H,23,29). The number of aromatic nitrogens is 5. The van der Waals surface area contributed by atoms with Gasteiger partial charge in [-0.2, -0.15) is 4.68 Å². The molecule has 0 bridgehead atoms. The zero-order chi connectivity index (χ0) is 21.9. The molecule has 0 saturated heterocycles. The van der Waals surface area contributed by atoms with Crippen molar-refractivity contribution in [3.05, 3.63) is 58.2 Å². The van der Waals surface area contributed by atoms with Gasteiger partial charge in [-0.25, -0.2) is 4.79 Å². The van der Waals surface area contributed by atoms with Crippen molar-refractivity contribution in [2.24, 2.45) is 0 Å². The van der Waals surface area contributed by atoms with E-state index in [1.54, 1.807) is 0 Å². The molecule has 0 spiro atoms. The molecule has 5 rings (SSSR count). The van der Waals surface area contributed by atoms with Crippen LogP contribution in [0.1, 0.15) is 31.5 Å². The molecular weight excluding hydrogens is 428 g/mol. The minimum atomic E-state index is -0.571. The molecule has 1 amide bonds.